The molecule has 1 aliphatic rings. The minimum Gasteiger partial charge on any atom is -0.389 e. The molecule has 0 heterocycles. The quantitative estimate of drug-likeness (QED) is 0.880. The molecule has 1 saturated carbocycles. The zero-order chi connectivity index (χ0) is 13.9. The number of aliphatic hydroxyl groups is 1. The van der Waals surface area contributed by atoms with Crippen molar-refractivity contribution in [3.05, 3.63) is 33.8 Å². The van der Waals surface area contributed by atoms with Gasteiger partial charge in [0, 0.05) is 23.1 Å². The average molecular weight is 302 g/mol. The smallest absolute Gasteiger partial charge is 0.0771 e. The molecule has 19 heavy (non-hydrogen) atoms. The molecular formula is C15H21Cl2NO. The number of halogens is 2. The first-order valence-corrected chi connectivity index (χ1v) is 7.60. The van der Waals surface area contributed by atoms with Crippen LogP contribution in [0, 0.1) is 5.92 Å². The summed E-state index contributed by atoms with van der Waals surface area (Å²) in [5.41, 5.74) is 0.500. The molecule has 0 aromatic heterocycles. The lowest BCUT2D eigenvalue weighted by atomic mass is 9.79. The van der Waals surface area contributed by atoms with Gasteiger partial charge in [-0.1, -0.05) is 30.1 Å². The summed E-state index contributed by atoms with van der Waals surface area (Å²) in [6.07, 6.45) is 4.00. The Labute approximate surface area is 125 Å². The second-order valence-corrected chi connectivity index (χ2v) is 6.66. The topological polar surface area (TPSA) is 32.3 Å². The third-order valence-corrected chi connectivity index (χ3v) is 4.35. The Hall–Kier alpha value is -0.280. The lowest BCUT2D eigenvalue weighted by Gasteiger charge is -2.35. The maximum Gasteiger partial charge on any atom is 0.0771 e. The van der Waals surface area contributed by atoms with E-state index in [0.29, 0.717) is 23.1 Å². The Kier molecular flexibility index (Phi) is 5.13. The monoisotopic (exact) mass is 301 g/mol. The molecule has 1 aliphatic carbocycles. The van der Waals surface area contributed by atoms with Crippen LogP contribution in [0.3, 0.4) is 0 Å². The predicted molar refractivity (Wildman–Crippen MR) is 80.8 cm³/mol. The third-order valence-electron chi connectivity index (χ3n) is 3.91. The summed E-state index contributed by atoms with van der Waals surface area (Å²) >= 11 is 11.9. The van der Waals surface area contributed by atoms with E-state index in [1.165, 1.54) is 0 Å². The van der Waals surface area contributed by atoms with Crippen molar-refractivity contribution in [1.29, 1.82) is 0 Å². The molecule has 0 saturated heterocycles. The van der Waals surface area contributed by atoms with E-state index in [4.69, 9.17) is 23.2 Å². The number of rotatable bonds is 4. The predicted octanol–water partition coefficient (Wildman–Crippen LogP) is 4.02. The second kappa shape index (κ2) is 6.45. The summed E-state index contributed by atoms with van der Waals surface area (Å²) in [6.45, 7) is 3.56. The maximum atomic E-state index is 10.5. The van der Waals surface area contributed by atoms with Crippen molar-refractivity contribution in [3.8, 4) is 0 Å². The van der Waals surface area contributed by atoms with Gasteiger partial charge >= 0.3 is 0 Å². The average Bonchev–Trinajstić information content (AvgIpc) is 2.32. The SMILES string of the molecule is CC1CCC(O)(CNCc2cc(Cl)cc(Cl)c2)CC1. The first-order chi connectivity index (χ1) is 8.97. The van der Waals surface area contributed by atoms with Gasteiger partial charge in [-0.2, -0.15) is 0 Å². The van der Waals surface area contributed by atoms with E-state index in [9.17, 15) is 5.11 Å². The molecule has 1 aromatic carbocycles. The van der Waals surface area contributed by atoms with Crippen LogP contribution in [-0.2, 0) is 6.54 Å². The molecule has 0 aliphatic heterocycles. The highest BCUT2D eigenvalue weighted by atomic mass is 35.5. The van der Waals surface area contributed by atoms with E-state index < -0.39 is 5.60 Å². The van der Waals surface area contributed by atoms with Crippen LogP contribution in [0.25, 0.3) is 0 Å². The fourth-order valence-corrected chi connectivity index (χ4v) is 3.20. The first kappa shape index (κ1) is 15.1. The fraction of sp³-hybridized carbons (Fsp3) is 0.600. The van der Waals surface area contributed by atoms with E-state index >= 15 is 0 Å². The minimum absolute atomic E-state index is 0.547. The summed E-state index contributed by atoms with van der Waals surface area (Å²) in [6, 6.07) is 5.52. The Morgan fingerprint density at radius 3 is 2.37 bits per heavy atom. The number of benzene rings is 1. The lowest BCUT2D eigenvalue weighted by Crippen LogP contribution is -2.43. The molecule has 0 spiro atoms. The molecule has 1 fully saturated rings. The van der Waals surface area contributed by atoms with E-state index in [0.717, 1.165) is 37.2 Å². The molecule has 2 rings (SSSR count). The van der Waals surface area contributed by atoms with Crippen molar-refractivity contribution >= 4 is 23.2 Å². The van der Waals surface area contributed by atoms with Gasteiger partial charge in [-0.25, -0.2) is 0 Å². The molecule has 0 unspecified atom stereocenters. The Morgan fingerprint density at radius 1 is 1.21 bits per heavy atom. The van der Waals surface area contributed by atoms with Crippen LogP contribution in [0.4, 0.5) is 0 Å². The van der Waals surface area contributed by atoms with Gasteiger partial charge in [0.2, 0.25) is 0 Å². The van der Waals surface area contributed by atoms with E-state index in [2.05, 4.69) is 12.2 Å². The highest BCUT2D eigenvalue weighted by Crippen LogP contribution is 2.31. The molecule has 0 bridgehead atoms. The van der Waals surface area contributed by atoms with Gasteiger partial charge < -0.3 is 10.4 Å². The highest BCUT2D eigenvalue weighted by molar-refractivity contribution is 6.34. The zero-order valence-corrected chi connectivity index (χ0v) is 12.8. The second-order valence-electron chi connectivity index (χ2n) is 5.79. The number of hydrogen-bond donors (Lipinski definition) is 2. The molecule has 1 aromatic rings. The van der Waals surface area contributed by atoms with Crippen molar-refractivity contribution in [2.75, 3.05) is 6.54 Å². The molecule has 0 radical (unpaired) electrons. The summed E-state index contributed by atoms with van der Waals surface area (Å²) in [5, 5.41) is 15.1. The van der Waals surface area contributed by atoms with E-state index in [1.807, 2.05) is 12.1 Å². The lowest BCUT2D eigenvalue weighted by molar-refractivity contribution is -0.00630. The maximum absolute atomic E-state index is 10.5. The molecular weight excluding hydrogens is 281 g/mol. The van der Waals surface area contributed by atoms with Crippen LogP contribution in [0.2, 0.25) is 10.0 Å². The zero-order valence-electron chi connectivity index (χ0n) is 11.3. The van der Waals surface area contributed by atoms with Gasteiger partial charge in [0.05, 0.1) is 5.60 Å². The summed E-state index contributed by atoms with van der Waals surface area (Å²) < 4.78 is 0. The summed E-state index contributed by atoms with van der Waals surface area (Å²) in [7, 11) is 0. The molecule has 0 atom stereocenters. The van der Waals surface area contributed by atoms with Crippen molar-refractivity contribution in [1.82, 2.24) is 5.32 Å². The number of nitrogens with one attached hydrogen (secondary N) is 1. The molecule has 4 heteroatoms. The van der Waals surface area contributed by atoms with Gasteiger partial charge in [-0.3, -0.25) is 0 Å². The van der Waals surface area contributed by atoms with E-state index in [1.54, 1.807) is 6.07 Å². The Bertz CT molecular complexity index is 408. The third kappa shape index (κ3) is 4.64. The van der Waals surface area contributed by atoms with Gasteiger partial charge in [-0.05, 0) is 55.4 Å². The summed E-state index contributed by atoms with van der Waals surface area (Å²) in [4.78, 5) is 0. The standard InChI is InChI=1S/C15H21Cl2NO/c1-11-2-4-15(19,5-3-11)10-18-9-12-6-13(16)8-14(17)7-12/h6-8,11,18-19H,2-5,9-10H2,1H3. The van der Waals surface area contributed by atoms with Gasteiger partial charge in [0.1, 0.15) is 0 Å². The molecule has 0 amide bonds. The Morgan fingerprint density at radius 2 is 1.79 bits per heavy atom. The van der Waals surface area contributed by atoms with E-state index in [-0.39, 0.29) is 0 Å². The fourth-order valence-electron chi connectivity index (χ4n) is 2.63. The summed E-state index contributed by atoms with van der Waals surface area (Å²) in [5.74, 6) is 0.743. The van der Waals surface area contributed by atoms with Crippen molar-refractivity contribution in [2.24, 2.45) is 5.92 Å². The van der Waals surface area contributed by atoms with Crippen molar-refractivity contribution in [3.63, 3.8) is 0 Å². The number of hydrogen-bond acceptors (Lipinski definition) is 2. The van der Waals surface area contributed by atoms with Gasteiger partial charge in [-0.15, -0.1) is 0 Å². The minimum atomic E-state index is -0.547. The van der Waals surface area contributed by atoms with Crippen LogP contribution in [-0.4, -0.2) is 17.3 Å². The van der Waals surface area contributed by atoms with Crippen LogP contribution in [0.1, 0.15) is 38.2 Å². The highest BCUT2D eigenvalue weighted by Gasteiger charge is 2.31. The van der Waals surface area contributed by atoms with Gasteiger partial charge in [0.15, 0.2) is 0 Å². The van der Waals surface area contributed by atoms with Crippen LogP contribution in [0.5, 0.6) is 0 Å². The molecule has 2 nitrogen and oxygen atoms in total. The largest absolute Gasteiger partial charge is 0.389 e. The molecule has 2 N–H and O–H groups in total. The van der Waals surface area contributed by atoms with Crippen LogP contribution in [0.15, 0.2) is 18.2 Å². The normalized spacial score (nSPS) is 27.5. The molecule has 106 valence electrons. The first-order valence-electron chi connectivity index (χ1n) is 6.85. The van der Waals surface area contributed by atoms with Crippen LogP contribution >= 0.6 is 23.2 Å². The van der Waals surface area contributed by atoms with Crippen molar-refractivity contribution < 1.29 is 5.11 Å². The van der Waals surface area contributed by atoms with Gasteiger partial charge in [0.25, 0.3) is 0 Å². The Balaban J connectivity index is 1.83. The van der Waals surface area contributed by atoms with Crippen molar-refractivity contribution in [2.45, 2.75) is 44.8 Å². The van der Waals surface area contributed by atoms with Crippen LogP contribution < -0.4 is 5.32 Å².